The van der Waals surface area contributed by atoms with Gasteiger partial charge in [0.1, 0.15) is 0 Å². The fourth-order valence-electron chi connectivity index (χ4n) is 1.25. The Labute approximate surface area is 74.7 Å². The summed E-state index contributed by atoms with van der Waals surface area (Å²) in [6.45, 7) is 0.342. The second-order valence-corrected chi connectivity index (χ2v) is 4.39. The van der Waals surface area contributed by atoms with Crippen LogP contribution in [0.15, 0.2) is 17.2 Å². The number of aromatic nitrogens is 1. The second-order valence-electron chi connectivity index (χ2n) is 2.53. The fourth-order valence-corrected chi connectivity index (χ4v) is 2.69. The van der Waals surface area contributed by atoms with Gasteiger partial charge in [0.15, 0.2) is 0 Å². The van der Waals surface area contributed by atoms with Gasteiger partial charge in [0.2, 0.25) is 0 Å². The van der Waals surface area contributed by atoms with Crippen LogP contribution in [0, 0.1) is 0 Å². The molecule has 0 amide bonds. The molecule has 1 aliphatic rings. The molecular weight excluding hydrogens is 221 g/mol. The summed E-state index contributed by atoms with van der Waals surface area (Å²) in [7, 11) is 0. The topological polar surface area (TPSA) is 31.4 Å². The predicted octanol–water partition coefficient (Wildman–Crippen LogP) is 1.02. The van der Waals surface area contributed by atoms with E-state index in [9.17, 15) is 0 Å². The number of hydrogen-bond acceptors (Lipinski definition) is 3. The molecule has 12 heavy (non-hydrogen) atoms. The maximum absolute atomic E-state index is 5.26. The quantitative estimate of drug-likeness (QED) is 0.628. The molecule has 0 unspecified atom stereocenters. The molecule has 0 saturated carbocycles. The molecule has 0 aliphatic carbocycles. The van der Waals surface area contributed by atoms with Gasteiger partial charge in [-0.05, 0) is 0 Å². The second kappa shape index (κ2) is 2.25. The summed E-state index contributed by atoms with van der Waals surface area (Å²) in [5, 5.41) is 1.97. The Kier molecular flexibility index (Phi) is 1.22. The van der Waals surface area contributed by atoms with E-state index < -0.39 is 0 Å². The van der Waals surface area contributed by atoms with E-state index in [2.05, 4.69) is 4.98 Å². The number of hydrogen-bond donors (Lipinski definition) is 0. The first-order valence-electron chi connectivity index (χ1n) is 3.56. The SMILES string of the molecule is c1nc2cc3c(cc2[se]1)OCO3. The molecule has 3 nitrogen and oxygen atoms in total. The third-order valence-corrected chi connectivity index (χ3v) is 3.49. The van der Waals surface area contributed by atoms with Crippen LogP contribution in [0.1, 0.15) is 0 Å². The Bertz CT molecular complexity index is 400. The van der Waals surface area contributed by atoms with E-state index in [1.807, 2.05) is 17.2 Å². The van der Waals surface area contributed by atoms with Gasteiger partial charge in [-0.3, -0.25) is 0 Å². The Morgan fingerprint density at radius 1 is 1.25 bits per heavy atom. The maximum atomic E-state index is 5.26. The van der Waals surface area contributed by atoms with E-state index >= 15 is 0 Å². The van der Waals surface area contributed by atoms with Gasteiger partial charge in [-0.25, -0.2) is 0 Å². The number of ether oxygens (including phenoxy) is 2. The fraction of sp³-hybridized carbons (Fsp3) is 0.125. The molecule has 0 N–H and O–H groups in total. The molecule has 60 valence electrons. The molecule has 1 aromatic heterocycles. The van der Waals surface area contributed by atoms with Crippen molar-refractivity contribution < 1.29 is 9.47 Å². The van der Waals surface area contributed by atoms with E-state index in [4.69, 9.17) is 9.47 Å². The number of benzene rings is 1. The van der Waals surface area contributed by atoms with Crippen molar-refractivity contribution in [2.24, 2.45) is 0 Å². The van der Waals surface area contributed by atoms with Crippen LogP contribution in [-0.4, -0.2) is 26.3 Å². The number of rotatable bonds is 0. The van der Waals surface area contributed by atoms with Gasteiger partial charge in [0, 0.05) is 0 Å². The van der Waals surface area contributed by atoms with Crippen LogP contribution in [0.5, 0.6) is 11.5 Å². The molecule has 2 aromatic rings. The van der Waals surface area contributed by atoms with E-state index in [1.54, 1.807) is 0 Å². The summed E-state index contributed by atoms with van der Waals surface area (Å²) in [6.07, 6.45) is 0. The average Bonchev–Trinajstić information content (AvgIpc) is 2.64. The van der Waals surface area contributed by atoms with E-state index in [0.717, 1.165) is 17.0 Å². The van der Waals surface area contributed by atoms with Gasteiger partial charge in [0.05, 0.1) is 0 Å². The van der Waals surface area contributed by atoms with Crippen molar-refractivity contribution in [2.75, 3.05) is 6.79 Å². The Morgan fingerprint density at radius 2 is 2.08 bits per heavy atom. The van der Waals surface area contributed by atoms with E-state index in [0.29, 0.717) is 21.3 Å². The monoisotopic (exact) mass is 227 g/mol. The Hall–Kier alpha value is -0.991. The minimum absolute atomic E-state index is 0.342. The summed E-state index contributed by atoms with van der Waals surface area (Å²) in [6, 6.07) is 3.98. The molecule has 0 radical (unpaired) electrons. The van der Waals surface area contributed by atoms with Gasteiger partial charge in [-0.15, -0.1) is 0 Å². The van der Waals surface area contributed by atoms with Crippen LogP contribution >= 0.6 is 0 Å². The van der Waals surface area contributed by atoms with Crippen LogP contribution in [0.25, 0.3) is 9.78 Å². The predicted molar refractivity (Wildman–Crippen MR) is 44.8 cm³/mol. The zero-order valence-corrected chi connectivity index (χ0v) is 7.82. The molecule has 0 atom stereocenters. The van der Waals surface area contributed by atoms with Gasteiger partial charge >= 0.3 is 74.2 Å². The van der Waals surface area contributed by atoms with Crippen molar-refractivity contribution in [2.45, 2.75) is 0 Å². The Morgan fingerprint density at radius 3 is 3.00 bits per heavy atom. The first-order chi connectivity index (χ1) is 5.93. The van der Waals surface area contributed by atoms with Crippen molar-refractivity contribution in [1.29, 1.82) is 0 Å². The van der Waals surface area contributed by atoms with E-state index in [-0.39, 0.29) is 0 Å². The van der Waals surface area contributed by atoms with Crippen molar-refractivity contribution >= 4 is 24.3 Å². The van der Waals surface area contributed by atoms with Gasteiger partial charge in [-0.1, -0.05) is 0 Å². The third-order valence-electron chi connectivity index (χ3n) is 1.83. The van der Waals surface area contributed by atoms with Gasteiger partial charge in [-0.2, -0.15) is 0 Å². The standard InChI is InChI=1S/C8H5NO2Se/c1-5-8(12-3-9-5)2-7-6(1)10-4-11-7/h1-3H,4H2. The summed E-state index contributed by atoms with van der Waals surface area (Å²) in [5.41, 5.74) is 1.04. The molecule has 0 saturated heterocycles. The van der Waals surface area contributed by atoms with Crippen LogP contribution in [0.4, 0.5) is 0 Å². The molecule has 0 fully saturated rings. The summed E-state index contributed by atoms with van der Waals surface area (Å²) in [4.78, 5) is 4.24. The van der Waals surface area contributed by atoms with Gasteiger partial charge in [0.25, 0.3) is 0 Å². The average molecular weight is 226 g/mol. The van der Waals surface area contributed by atoms with E-state index in [1.165, 1.54) is 4.26 Å². The molecule has 1 aliphatic heterocycles. The van der Waals surface area contributed by atoms with Crippen molar-refractivity contribution in [1.82, 2.24) is 4.98 Å². The molecule has 2 heterocycles. The third kappa shape index (κ3) is 0.792. The molecule has 4 heteroatoms. The van der Waals surface area contributed by atoms with Gasteiger partial charge < -0.3 is 0 Å². The van der Waals surface area contributed by atoms with Crippen LogP contribution in [0.3, 0.4) is 0 Å². The zero-order chi connectivity index (χ0) is 7.97. The summed E-state index contributed by atoms with van der Waals surface area (Å²) in [5.74, 6) is 1.68. The minimum atomic E-state index is 0.342. The van der Waals surface area contributed by atoms with Crippen LogP contribution < -0.4 is 9.47 Å². The van der Waals surface area contributed by atoms with Crippen molar-refractivity contribution in [3.05, 3.63) is 17.2 Å². The van der Waals surface area contributed by atoms with Crippen molar-refractivity contribution in [3.8, 4) is 11.5 Å². The Balaban J connectivity index is 2.38. The normalized spacial score (nSPS) is 14.0. The number of nitrogens with zero attached hydrogens (tertiary/aromatic N) is 1. The van der Waals surface area contributed by atoms with Crippen LogP contribution in [-0.2, 0) is 0 Å². The zero-order valence-electron chi connectivity index (χ0n) is 6.11. The molecule has 3 rings (SSSR count). The first-order valence-corrected chi connectivity index (χ1v) is 5.41. The van der Waals surface area contributed by atoms with Crippen LogP contribution in [0.2, 0.25) is 0 Å². The molecule has 0 bridgehead atoms. The molecular formula is C8H5NO2Se. The van der Waals surface area contributed by atoms with Crippen molar-refractivity contribution in [3.63, 3.8) is 0 Å². The number of fused-ring (bicyclic) bond motifs is 2. The summed E-state index contributed by atoms with van der Waals surface area (Å²) < 4.78 is 11.8. The molecule has 0 spiro atoms. The first kappa shape index (κ1) is 6.52. The summed E-state index contributed by atoms with van der Waals surface area (Å²) >= 11 is 0.385. The molecule has 1 aromatic carbocycles.